The van der Waals surface area contributed by atoms with Crippen LogP contribution in [0.15, 0.2) is 11.8 Å². The second-order valence-electron chi connectivity index (χ2n) is 8.29. The number of hydrogen-bond donors (Lipinski definition) is 1. The molecule has 4 aliphatic rings. The summed E-state index contributed by atoms with van der Waals surface area (Å²) in [4.78, 5) is 0. The molecule has 1 heteroatoms. The molecule has 5 atom stereocenters. The van der Waals surface area contributed by atoms with Crippen molar-refractivity contribution < 1.29 is 0 Å². The van der Waals surface area contributed by atoms with Crippen molar-refractivity contribution in [2.75, 3.05) is 6.54 Å². The number of rotatable bonds is 0. The van der Waals surface area contributed by atoms with Crippen molar-refractivity contribution >= 4 is 0 Å². The van der Waals surface area contributed by atoms with Gasteiger partial charge in [-0.15, -0.1) is 0 Å². The van der Waals surface area contributed by atoms with Crippen molar-refractivity contribution in [3.05, 3.63) is 11.8 Å². The molecule has 0 spiro atoms. The number of nitrogens with one attached hydrogen (secondary N) is 1. The SMILES string of the molecule is C[C@]12CCC[C@H]1[C@H]1CCC3=CNCC[C@]3(C)[C@H]1CC2. The molecule has 0 aromatic rings. The Morgan fingerprint density at radius 1 is 1.05 bits per heavy atom. The van der Waals surface area contributed by atoms with Crippen LogP contribution < -0.4 is 5.32 Å². The van der Waals surface area contributed by atoms with Crippen LogP contribution in [0.1, 0.15) is 65.2 Å². The molecule has 0 saturated heterocycles. The van der Waals surface area contributed by atoms with Gasteiger partial charge in [0, 0.05) is 6.54 Å². The minimum Gasteiger partial charge on any atom is -0.391 e. The van der Waals surface area contributed by atoms with Crippen LogP contribution in [0.25, 0.3) is 0 Å². The van der Waals surface area contributed by atoms with E-state index in [9.17, 15) is 0 Å². The van der Waals surface area contributed by atoms with Crippen LogP contribution in [-0.4, -0.2) is 6.54 Å². The lowest BCUT2D eigenvalue weighted by Gasteiger charge is -2.57. The first-order valence-electron chi connectivity index (χ1n) is 8.56. The van der Waals surface area contributed by atoms with Gasteiger partial charge in [0.05, 0.1) is 0 Å². The zero-order chi connectivity index (χ0) is 13.1. The van der Waals surface area contributed by atoms with Gasteiger partial charge in [0.1, 0.15) is 0 Å². The first-order valence-corrected chi connectivity index (χ1v) is 8.56. The van der Waals surface area contributed by atoms with E-state index in [1.165, 1.54) is 57.9 Å². The third kappa shape index (κ3) is 1.59. The third-order valence-electron chi connectivity index (χ3n) is 7.58. The molecule has 0 bridgehead atoms. The lowest BCUT2D eigenvalue weighted by atomic mass is 9.48. The second kappa shape index (κ2) is 4.02. The summed E-state index contributed by atoms with van der Waals surface area (Å²) in [5, 5.41) is 3.50. The van der Waals surface area contributed by atoms with E-state index in [0.717, 1.165) is 17.8 Å². The fraction of sp³-hybridized carbons (Fsp3) is 0.889. The van der Waals surface area contributed by atoms with Crippen molar-refractivity contribution in [1.29, 1.82) is 0 Å². The van der Waals surface area contributed by atoms with E-state index in [1.807, 2.05) is 0 Å². The van der Waals surface area contributed by atoms with E-state index in [-0.39, 0.29) is 0 Å². The highest BCUT2D eigenvalue weighted by Crippen LogP contribution is 2.64. The van der Waals surface area contributed by atoms with E-state index in [4.69, 9.17) is 0 Å². The molecule has 3 fully saturated rings. The molecule has 1 N–H and O–H groups in total. The Hall–Kier alpha value is -0.460. The van der Waals surface area contributed by atoms with Gasteiger partial charge in [0.15, 0.2) is 0 Å². The number of fused-ring (bicyclic) bond motifs is 5. The molecular formula is C18H29N. The maximum atomic E-state index is 3.50. The predicted molar refractivity (Wildman–Crippen MR) is 79.7 cm³/mol. The fourth-order valence-electron chi connectivity index (χ4n) is 6.43. The summed E-state index contributed by atoms with van der Waals surface area (Å²) in [5.41, 5.74) is 3.01. The lowest BCUT2D eigenvalue weighted by Crippen LogP contribution is -2.50. The molecule has 4 rings (SSSR count). The predicted octanol–water partition coefficient (Wildman–Crippen LogP) is 4.50. The summed E-state index contributed by atoms with van der Waals surface area (Å²) < 4.78 is 0. The smallest absolute Gasteiger partial charge is 0.0149 e. The molecule has 3 saturated carbocycles. The molecule has 0 unspecified atom stereocenters. The molecule has 19 heavy (non-hydrogen) atoms. The standard InChI is InChI=1S/C18H29N/c1-17-8-3-4-15(17)14-6-5-13-12-19-11-10-18(13,2)16(14)7-9-17/h12,14-16,19H,3-11H2,1-2H3/t14-,15+,16+,17-,18+/m1/s1. The monoisotopic (exact) mass is 259 g/mol. The zero-order valence-electron chi connectivity index (χ0n) is 12.7. The zero-order valence-corrected chi connectivity index (χ0v) is 12.7. The van der Waals surface area contributed by atoms with Gasteiger partial charge in [-0.05, 0) is 85.3 Å². The van der Waals surface area contributed by atoms with E-state index < -0.39 is 0 Å². The fourth-order valence-corrected chi connectivity index (χ4v) is 6.43. The van der Waals surface area contributed by atoms with Gasteiger partial charge in [-0.2, -0.15) is 0 Å². The van der Waals surface area contributed by atoms with Crippen molar-refractivity contribution in [2.24, 2.45) is 28.6 Å². The average Bonchev–Trinajstić information content (AvgIpc) is 2.79. The quantitative estimate of drug-likeness (QED) is 0.675. The molecular weight excluding hydrogens is 230 g/mol. The summed E-state index contributed by atoms with van der Waals surface area (Å²) in [6.45, 7) is 6.40. The Labute approximate surface area is 118 Å². The van der Waals surface area contributed by atoms with Gasteiger partial charge >= 0.3 is 0 Å². The highest BCUT2D eigenvalue weighted by atomic mass is 14.9. The second-order valence-corrected chi connectivity index (χ2v) is 8.29. The van der Waals surface area contributed by atoms with Crippen LogP contribution in [0.4, 0.5) is 0 Å². The molecule has 1 nitrogen and oxygen atoms in total. The summed E-state index contributed by atoms with van der Waals surface area (Å²) in [5.74, 6) is 3.09. The van der Waals surface area contributed by atoms with E-state index in [1.54, 1.807) is 5.57 Å². The molecule has 0 radical (unpaired) electrons. The van der Waals surface area contributed by atoms with Gasteiger partial charge in [-0.25, -0.2) is 0 Å². The Balaban J connectivity index is 1.69. The van der Waals surface area contributed by atoms with Crippen molar-refractivity contribution in [1.82, 2.24) is 5.32 Å². The maximum Gasteiger partial charge on any atom is 0.0149 e. The van der Waals surface area contributed by atoms with Crippen molar-refractivity contribution in [2.45, 2.75) is 65.2 Å². The third-order valence-corrected chi connectivity index (χ3v) is 7.58. The maximum absolute atomic E-state index is 3.50. The normalized spacial score (nSPS) is 52.5. The highest BCUT2D eigenvalue weighted by Gasteiger charge is 2.55. The minimum absolute atomic E-state index is 0.540. The first-order chi connectivity index (χ1) is 9.13. The van der Waals surface area contributed by atoms with Gasteiger partial charge in [0.25, 0.3) is 0 Å². The first kappa shape index (κ1) is 12.3. The lowest BCUT2D eigenvalue weighted by molar-refractivity contribution is -0.0352. The molecule has 0 amide bonds. The molecule has 106 valence electrons. The van der Waals surface area contributed by atoms with E-state index in [0.29, 0.717) is 10.8 Å². The number of allylic oxidation sites excluding steroid dienone is 1. The highest BCUT2D eigenvalue weighted by molar-refractivity contribution is 5.23. The summed E-state index contributed by atoms with van der Waals surface area (Å²) in [6, 6.07) is 0. The summed E-state index contributed by atoms with van der Waals surface area (Å²) >= 11 is 0. The molecule has 1 heterocycles. The van der Waals surface area contributed by atoms with Crippen molar-refractivity contribution in [3.63, 3.8) is 0 Å². The van der Waals surface area contributed by atoms with Crippen LogP contribution in [0, 0.1) is 28.6 Å². The molecule has 0 aromatic carbocycles. The van der Waals surface area contributed by atoms with Crippen LogP contribution in [-0.2, 0) is 0 Å². The van der Waals surface area contributed by atoms with Crippen LogP contribution in [0.3, 0.4) is 0 Å². The molecule has 0 aromatic heterocycles. The summed E-state index contributed by atoms with van der Waals surface area (Å²) in [7, 11) is 0. The largest absolute Gasteiger partial charge is 0.391 e. The topological polar surface area (TPSA) is 12.0 Å². The van der Waals surface area contributed by atoms with Crippen molar-refractivity contribution in [3.8, 4) is 0 Å². The van der Waals surface area contributed by atoms with Gasteiger partial charge < -0.3 is 5.32 Å². The Kier molecular flexibility index (Phi) is 2.60. The van der Waals surface area contributed by atoms with Crippen LogP contribution in [0.2, 0.25) is 0 Å². The average molecular weight is 259 g/mol. The van der Waals surface area contributed by atoms with Gasteiger partial charge in [-0.1, -0.05) is 20.3 Å². The van der Waals surface area contributed by atoms with E-state index >= 15 is 0 Å². The minimum atomic E-state index is 0.540. The molecule has 1 aliphatic heterocycles. The Morgan fingerprint density at radius 2 is 1.95 bits per heavy atom. The summed E-state index contributed by atoms with van der Waals surface area (Å²) in [6.07, 6.45) is 14.2. The number of hydrogen-bond acceptors (Lipinski definition) is 1. The Bertz CT molecular complexity index is 412. The van der Waals surface area contributed by atoms with Crippen LogP contribution >= 0.6 is 0 Å². The Morgan fingerprint density at radius 3 is 2.84 bits per heavy atom. The molecule has 3 aliphatic carbocycles. The van der Waals surface area contributed by atoms with E-state index in [2.05, 4.69) is 25.4 Å². The van der Waals surface area contributed by atoms with Gasteiger partial charge in [-0.3, -0.25) is 0 Å². The van der Waals surface area contributed by atoms with Crippen LogP contribution in [0.5, 0.6) is 0 Å². The van der Waals surface area contributed by atoms with Gasteiger partial charge in [0.2, 0.25) is 0 Å².